The Morgan fingerprint density at radius 2 is 1.62 bits per heavy atom. The lowest BCUT2D eigenvalue weighted by atomic mass is 10.1. The molecule has 0 aliphatic carbocycles. The molecule has 0 atom stereocenters. The number of unbranched alkanes of at least 4 members (excludes halogenated alkanes) is 1. The summed E-state index contributed by atoms with van der Waals surface area (Å²) in [6, 6.07) is 17.5. The van der Waals surface area contributed by atoms with Crippen LogP contribution < -0.4 is 35.5 Å². The lowest BCUT2D eigenvalue weighted by Gasteiger charge is -2.22. The highest BCUT2D eigenvalue weighted by molar-refractivity contribution is 6.09. The first-order valence-corrected chi connectivity index (χ1v) is 13.9. The monoisotopic (exact) mass is 576 g/mol. The topological polar surface area (TPSA) is 132 Å². The van der Waals surface area contributed by atoms with Gasteiger partial charge in [-0.1, -0.05) is 18.2 Å². The van der Waals surface area contributed by atoms with Crippen LogP contribution in [0.2, 0.25) is 0 Å². The molecular formula is C32H40N4O6. The van der Waals surface area contributed by atoms with Crippen LogP contribution in [-0.4, -0.2) is 58.2 Å². The smallest absolute Gasteiger partial charge is 0.259 e. The van der Waals surface area contributed by atoms with E-state index in [0.29, 0.717) is 72.5 Å². The number of aryl methyl sites for hydroxylation is 1. The van der Waals surface area contributed by atoms with Crippen LogP contribution in [0.4, 0.5) is 11.4 Å². The summed E-state index contributed by atoms with van der Waals surface area (Å²) >= 11 is 0. The summed E-state index contributed by atoms with van der Waals surface area (Å²) in [6.45, 7) is 5.37. The number of anilines is 2. The molecule has 0 radical (unpaired) electrons. The maximum absolute atomic E-state index is 13.5. The van der Waals surface area contributed by atoms with Crippen LogP contribution in [0.3, 0.4) is 0 Å². The molecule has 0 saturated carbocycles. The standard InChI is InChI=1S/C32H40N4O6/c1-22-12-15-27(30(20-22)42-18-8-7-17-34-23(2)37)36(3)32(39)24-13-14-26(29(21-24)40-4)35-31(38)25-10-5-6-11-28(25)41-19-9-16-33/h5-6,10-15,20-21H,7-9,16-19,33H2,1-4H3,(H,34,37)(H,35,38). The third-order valence-electron chi connectivity index (χ3n) is 6.42. The Bertz CT molecular complexity index is 1380. The highest BCUT2D eigenvalue weighted by atomic mass is 16.5. The summed E-state index contributed by atoms with van der Waals surface area (Å²) in [7, 11) is 3.16. The number of benzene rings is 3. The average molecular weight is 577 g/mol. The van der Waals surface area contributed by atoms with Gasteiger partial charge in [0.05, 0.1) is 37.3 Å². The molecule has 10 nitrogen and oxygen atoms in total. The number of carbonyl (C=O) groups excluding carboxylic acids is 3. The van der Waals surface area contributed by atoms with Crippen molar-refractivity contribution < 1.29 is 28.6 Å². The molecule has 0 bridgehead atoms. The van der Waals surface area contributed by atoms with E-state index in [-0.39, 0.29) is 17.7 Å². The third kappa shape index (κ3) is 8.97. The first-order valence-electron chi connectivity index (χ1n) is 13.9. The van der Waals surface area contributed by atoms with Crippen LogP contribution in [0, 0.1) is 6.92 Å². The maximum Gasteiger partial charge on any atom is 0.259 e. The molecule has 42 heavy (non-hydrogen) atoms. The second kappa shape index (κ2) is 16.0. The van der Waals surface area contributed by atoms with E-state index in [0.717, 1.165) is 18.4 Å². The molecule has 3 aromatic carbocycles. The van der Waals surface area contributed by atoms with Gasteiger partial charge in [0, 0.05) is 26.1 Å². The number of methoxy groups -OCH3 is 1. The maximum atomic E-state index is 13.5. The van der Waals surface area contributed by atoms with Crippen molar-refractivity contribution in [3.05, 3.63) is 77.4 Å². The predicted octanol–water partition coefficient (Wildman–Crippen LogP) is 4.56. The van der Waals surface area contributed by atoms with Gasteiger partial charge in [0.1, 0.15) is 17.2 Å². The molecule has 3 amide bonds. The molecule has 0 aromatic heterocycles. The Kier molecular flexibility index (Phi) is 12.2. The molecule has 3 aromatic rings. The Hall–Kier alpha value is -4.57. The molecule has 4 N–H and O–H groups in total. The molecule has 0 fully saturated rings. The molecule has 0 aliphatic heterocycles. The Morgan fingerprint density at radius 3 is 2.36 bits per heavy atom. The van der Waals surface area contributed by atoms with Crippen LogP contribution in [0.25, 0.3) is 0 Å². The van der Waals surface area contributed by atoms with Crippen molar-refractivity contribution in [3.63, 3.8) is 0 Å². The van der Waals surface area contributed by atoms with E-state index in [4.69, 9.17) is 19.9 Å². The summed E-state index contributed by atoms with van der Waals surface area (Å²) in [5.41, 5.74) is 8.33. The highest BCUT2D eigenvalue weighted by Crippen LogP contribution is 2.32. The van der Waals surface area contributed by atoms with Gasteiger partial charge in [0.15, 0.2) is 0 Å². The van der Waals surface area contributed by atoms with Crippen molar-refractivity contribution in [1.29, 1.82) is 0 Å². The summed E-state index contributed by atoms with van der Waals surface area (Å²) < 4.78 is 17.3. The predicted molar refractivity (Wildman–Crippen MR) is 164 cm³/mol. The number of amides is 3. The van der Waals surface area contributed by atoms with E-state index >= 15 is 0 Å². The van der Waals surface area contributed by atoms with E-state index in [1.807, 2.05) is 25.1 Å². The van der Waals surface area contributed by atoms with Crippen molar-refractivity contribution >= 4 is 29.1 Å². The van der Waals surface area contributed by atoms with Gasteiger partial charge < -0.3 is 35.5 Å². The van der Waals surface area contributed by atoms with Crippen molar-refractivity contribution in [3.8, 4) is 17.2 Å². The first-order chi connectivity index (χ1) is 20.2. The molecule has 0 saturated heterocycles. The second-order valence-corrected chi connectivity index (χ2v) is 9.73. The number of para-hydroxylation sites is 1. The van der Waals surface area contributed by atoms with Crippen molar-refractivity contribution in [2.24, 2.45) is 5.73 Å². The minimum absolute atomic E-state index is 0.0574. The number of nitrogens with two attached hydrogens (primary N) is 1. The zero-order valence-corrected chi connectivity index (χ0v) is 24.7. The summed E-state index contributed by atoms with van der Waals surface area (Å²) in [4.78, 5) is 39.2. The fourth-order valence-corrected chi connectivity index (χ4v) is 4.15. The number of nitrogens with one attached hydrogen (secondary N) is 2. The van der Waals surface area contributed by atoms with Crippen LogP contribution in [0.5, 0.6) is 17.2 Å². The summed E-state index contributed by atoms with van der Waals surface area (Å²) in [6.07, 6.45) is 2.20. The van der Waals surface area contributed by atoms with Gasteiger partial charge >= 0.3 is 0 Å². The zero-order chi connectivity index (χ0) is 30.5. The average Bonchev–Trinajstić information content (AvgIpc) is 2.98. The quantitative estimate of drug-likeness (QED) is 0.226. The number of carbonyl (C=O) groups is 3. The SMILES string of the molecule is COc1cc(C(=O)N(C)c2ccc(C)cc2OCCCCNC(C)=O)ccc1NC(=O)c1ccccc1OCCCN. The first kappa shape index (κ1) is 32.0. The molecule has 3 rings (SSSR count). The number of hydrogen-bond acceptors (Lipinski definition) is 7. The third-order valence-corrected chi connectivity index (χ3v) is 6.42. The Labute approximate surface area is 247 Å². The number of rotatable bonds is 15. The molecule has 224 valence electrons. The fourth-order valence-electron chi connectivity index (χ4n) is 4.15. The number of hydrogen-bond donors (Lipinski definition) is 3. The van der Waals surface area contributed by atoms with Crippen molar-refractivity contribution in [2.75, 3.05) is 50.7 Å². The molecule has 0 spiro atoms. The molecule has 10 heteroatoms. The van der Waals surface area contributed by atoms with E-state index in [1.165, 1.54) is 18.9 Å². The normalized spacial score (nSPS) is 10.5. The molecule has 0 aliphatic rings. The van der Waals surface area contributed by atoms with Crippen LogP contribution >= 0.6 is 0 Å². The molecule has 0 heterocycles. The lowest BCUT2D eigenvalue weighted by Crippen LogP contribution is -2.27. The van der Waals surface area contributed by atoms with Crippen LogP contribution in [0.1, 0.15) is 52.5 Å². The summed E-state index contributed by atoms with van der Waals surface area (Å²) in [5, 5.41) is 5.63. The van der Waals surface area contributed by atoms with Crippen molar-refractivity contribution in [1.82, 2.24) is 5.32 Å². The molecule has 0 unspecified atom stereocenters. The Morgan fingerprint density at radius 1 is 0.881 bits per heavy atom. The van der Waals surface area contributed by atoms with Crippen LogP contribution in [0.15, 0.2) is 60.7 Å². The van der Waals surface area contributed by atoms with E-state index < -0.39 is 0 Å². The van der Waals surface area contributed by atoms with E-state index in [2.05, 4.69) is 10.6 Å². The minimum atomic E-state index is -0.369. The van der Waals surface area contributed by atoms with Gasteiger partial charge in [-0.25, -0.2) is 0 Å². The highest BCUT2D eigenvalue weighted by Gasteiger charge is 2.20. The number of nitrogens with zero attached hydrogens (tertiary/aromatic N) is 1. The van der Waals surface area contributed by atoms with Crippen molar-refractivity contribution in [2.45, 2.75) is 33.1 Å². The minimum Gasteiger partial charge on any atom is -0.495 e. The van der Waals surface area contributed by atoms with Gasteiger partial charge in [-0.3, -0.25) is 14.4 Å². The zero-order valence-electron chi connectivity index (χ0n) is 24.7. The molecular weight excluding hydrogens is 536 g/mol. The van der Waals surface area contributed by atoms with Gasteiger partial charge in [-0.05, 0) is 80.8 Å². The van der Waals surface area contributed by atoms with E-state index in [1.54, 1.807) is 49.5 Å². The van der Waals surface area contributed by atoms with Gasteiger partial charge in [0.25, 0.3) is 11.8 Å². The van der Waals surface area contributed by atoms with E-state index in [9.17, 15) is 14.4 Å². The second-order valence-electron chi connectivity index (χ2n) is 9.73. The lowest BCUT2D eigenvalue weighted by molar-refractivity contribution is -0.118. The van der Waals surface area contributed by atoms with Gasteiger partial charge in [-0.15, -0.1) is 0 Å². The van der Waals surface area contributed by atoms with Crippen LogP contribution in [-0.2, 0) is 4.79 Å². The number of ether oxygens (including phenoxy) is 3. The Balaban J connectivity index is 1.73. The largest absolute Gasteiger partial charge is 0.495 e. The van der Waals surface area contributed by atoms with Gasteiger partial charge in [0.2, 0.25) is 5.91 Å². The van der Waals surface area contributed by atoms with Gasteiger partial charge in [-0.2, -0.15) is 0 Å². The summed E-state index contributed by atoms with van der Waals surface area (Å²) in [5.74, 6) is 0.686. The fraction of sp³-hybridized carbons (Fsp3) is 0.344.